The average Bonchev–Trinajstić information content (AvgIpc) is 3.69. The van der Waals surface area contributed by atoms with Crippen LogP contribution in [0.5, 0.6) is 0 Å². The van der Waals surface area contributed by atoms with Crippen molar-refractivity contribution < 1.29 is 33.9 Å². The smallest absolute Gasteiger partial charge is 0.321 e. The molecule has 4 aromatic carbocycles. The molecule has 2 aliphatic rings. The summed E-state index contributed by atoms with van der Waals surface area (Å²) in [6.45, 7) is 6.37. The fraction of sp³-hybridized carbons (Fsp3) is 0.276. The van der Waals surface area contributed by atoms with E-state index in [2.05, 4.69) is 56.1 Å². The molecule has 0 saturated carbocycles. The minimum atomic E-state index is -1.35. The first-order valence-electron chi connectivity index (χ1n) is 25.4. The highest BCUT2D eigenvalue weighted by Gasteiger charge is 2.40. The first-order valence-corrected chi connectivity index (χ1v) is 26.2. The highest BCUT2D eigenvalue weighted by atomic mass is 31.0. The van der Waals surface area contributed by atoms with Crippen molar-refractivity contribution in [2.45, 2.75) is 52.9 Å². The standard InChI is InChI=1S/C30H35N6O3P.C28H30N6O4/c1-4-15-30(2,19-40)25(37)18-36-24-14-6-5-12-22(24)26(23-13-7-8-16-32-23)34-27(28(36)38)35-29(39)33-21-11-9-10-20(17-21)31-3;1-28(2,17-35)23(36)16-34-22-13-5-4-11-20(22)24(21-12-6-7-14-30-21)32-25(26(34)37)33-27(38)31-19-10-8-9-18(15-19)29-3/h5-14,16-17,27,31H,4,15,18-19,40H2,1-3H3,(H2,33,35,39);4-15,25,29,35H,16-17H2,1-3H3,(H2,31,33,38). The lowest BCUT2D eigenvalue weighted by molar-refractivity contribution is -0.129. The highest BCUT2D eigenvalue weighted by Crippen LogP contribution is 2.33. The topological polar surface area (TPSA) is 252 Å². The second-order valence-electron chi connectivity index (χ2n) is 19.3. The molecule has 6 amide bonds. The van der Waals surface area contributed by atoms with Gasteiger partial charge in [-0.05, 0) is 85.4 Å². The molecule has 0 fully saturated rings. The Morgan fingerprint density at radius 3 is 1.41 bits per heavy atom. The van der Waals surface area contributed by atoms with Gasteiger partial charge in [0.05, 0.1) is 53.9 Å². The van der Waals surface area contributed by atoms with Crippen molar-refractivity contribution in [1.29, 1.82) is 0 Å². The van der Waals surface area contributed by atoms with Crippen LogP contribution in [-0.2, 0) is 19.2 Å². The average molecular weight is 1070 g/mol. The fourth-order valence-electron chi connectivity index (χ4n) is 8.56. The molecule has 4 heterocycles. The van der Waals surface area contributed by atoms with Crippen molar-refractivity contribution in [1.82, 2.24) is 20.6 Å². The number of aliphatic hydroxyl groups is 1. The third-order valence-electron chi connectivity index (χ3n) is 13.3. The van der Waals surface area contributed by atoms with E-state index in [1.54, 1.807) is 137 Å². The van der Waals surface area contributed by atoms with Crippen molar-refractivity contribution in [2.75, 3.05) is 71.0 Å². The molecule has 0 spiro atoms. The van der Waals surface area contributed by atoms with Crippen molar-refractivity contribution in [3.05, 3.63) is 168 Å². The van der Waals surface area contributed by atoms with Crippen molar-refractivity contribution in [2.24, 2.45) is 20.8 Å². The van der Waals surface area contributed by atoms with Crippen LogP contribution in [0.1, 0.15) is 63.1 Å². The quantitative estimate of drug-likeness (QED) is 0.0410. The van der Waals surface area contributed by atoms with Crippen LogP contribution in [-0.4, -0.2) is 114 Å². The number of benzodiazepines with no additional fused rings is 2. The van der Waals surface area contributed by atoms with Crippen molar-refractivity contribution in [3.8, 4) is 0 Å². The molecule has 2 aliphatic heterocycles. The van der Waals surface area contributed by atoms with E-state index in [0.717, 1.165) is 17.8 Å². The number of rotatable bonds is 18. The Bertz CT molecular complexity index is 3210. The number of para-hydroxylation sites is 2. The molecule has 404 valence electrons. The number of carbonyl (C=O) groups excluding carboxylic acids is 6. The van der Waals surface area contributed by atoms with Gasteiger partial charge < -0.3 is 46.8 Å². The predicted molar refractivity (Wildman–Crippen MR) is 310 cm³/mol. The summed E-state index contributed by atoms with van der Waals surface area (Å²) < 4.78 is 0. The number of hydrogen-bond donors (Lipinski definition) is 7. The Morgan fingerprint density at radius 1 is 0.590 bits per heavy atom. The van der Waals surface area contributed by atoms with E-state index < -0.39 is 47.0 Å². The number of aromatic nitrogens is 2. The van der Waals surface area contributed by atoms with Crippen LogP contribution in [0.25, 0.3) is 0 Å². The number of amides is 6. The normalized spacial score (nSPS) is 15.7. The number of benzene rings is 4. The summed E-state index contributed by atoms with van der Waals surface area (Å²) in [5, 5.41) is 26.6. The lowest BCUT2D eigenvalue weighted by Gasteiger charge is -2.31. The molecule has 0 saturated heterocycles. The summed E-state index contributed by atoms with van der Waals surface area (Å²) >= 11 is 0. The summed E-state index contributed by atoms with van der Waals surface area (Å²) in [5.74, 6) is -1.49. The zero-order valence-corrected chi connectivity index (χ0v) is 45.6. The molecule has 0 radical (unpaired) electrons. The van der Waals surface area contributed by atoms with Gasteiger partial charge >= 0.3 is 12.1 Å². The minimum absolute atomic E-state index is 0.0547. The van der Waals surface area contributed by atoms with Crippen LogP contribution in [0.15, 0.2) is 156 Å². The number of nitrogens with zero attached hydrogens (tertiary/aromatic N) is 6. The minimum Gasteiger partial charge on any atom is -0.395 e. The number of pyridine rings is 2. The summed E-state index contributed by atoms with van der Waals surface area (Å²) in [5.41, 5.74) is 5.14. The van der Waals surface area contributed by atoms with E-state index >= 15 is 0 Å². The molecular weight excluding hydrogens is 1010 g/mol. The first-order chi connectivity index (χ1) is 37.5. The third kappa shape index (κ3) is 13.6. The lowest BCUT2D eigenvalue weighted by Crippen LogP contribution is -2.51. The molecule has 0 bridgehead atoms. The van der Waals surface area contributed by atoms with Gasteiger partial charge in [0.15, 0.2) is 11.6 Å². The van der Waals surface area contributed by atoms with Gasteiger partial charge in [-0.15, -0.1) is 9.24 Å². The van der Waals surface area contributed by atoms with Crippen molar-refractivity contribution >= 4 is 90.2 Å². The van der Waals surface area contributed by atoms with Gasteiger partial charge in [0, 0.05) is 71.2 Å². The third-order valence-corrected chi connectivity index (χ3v) is 14.2. The molecule has 6 aromatic rings. The summed E-state index contributed by atoms with van der Waals surface area (Å²) in [6.07, 6.45) is 2.73. The number of hydrogen-bond acceptors (Lipinski definition) is 13. The molecule has 19 nitrogen and oxygen atoms in total. The second kappa shape index (κ2) is 25.9. The van der Waals surface area contributed by atoms with Crippen molar-refractivity contribution in [3.63, 3.8) is 0 Å². The maximum Gasteiger partial charge on any atom is 0.321 e. The Labute approximate surface area is 456 Å². The van der Waals surface area contributed by atoms with Crippen LogP contribution in [0.2, 0.25) is 0 Å². The van der Waals surface area contributed by atoms with Crippen LogP contribution in [0, 0.1) is 10.8 Å². The van der Waals surface area contributed by atoms with Gasteiger partial charge in [-0.2, -0.15) is 0 Å². The number of anilines is 6. The van der Waals surface area contributed by atoms with Gasteiger partial charge in [0.2, 0.25) is 12.3 Å². The Balaban J connectivity index is 0.000000226. The Morgan fingerprint density at radius 2 is 1.01 bits per heavy atom. The number of carbonyl (C=O) groups is 6. The van der Waals surface area contributed by atoms with E-state index in [9.17, 15) is 33.9 Å². The number of urea groups is 2. The summed E-state index contributed by atoms with van der Waals surface area (Å²) in [4.78, 5) is 102. The summed E-state index contributed by atoms with van der Waals surface area (Å²) in [7, 11) is 6.22. The van der Waals surface area contributed by atoms with Crippen LogP contribution < -0.4 is 41.7 Å². The number of ketones is 2. The molecule has 7 N–H and O–H groups in total. The summed E-state index contributed by atoms with van der Waals surface area (Å²) in [6, 6.07) is 38.2. The van der Waals surface area contributed by atoms with Gasteiger partial charge in [-0.3, -0.25) is 29.1 Å². The molecular formula is C58H65N12O7P. The second-order valence-corrected chi connectivity index (χ2v) is 19.7. The number of aliphatic hydroxyl groups excluding tert-OH is 1. The molecule has 20 heteroatoms. The van der Waals surface area contributed by atoms with Gasteiger partial charge in [-0.1, -0.05) is 94.8 Å². The van der Waals surface area contributed by atoms with E-state index in [0.29, 0.717) is 69.3 Å². The van der Waals surface area contributed by atoms with Crippen LogP contribution in [0.4, 0.5) is 43.7 Å². The molecule has 0 aliphatic carbocycles. The van der Waals surface area contributed by atoms with E-state index in [1.165, 1.54) is 9.80 Å². The Hall–Kier alpha value is -8.67. The Kier molecular flexibility index (Phi) is 19.0. The number of fused-ring (bicyclic) bond motifs is 2. The largest absolute Gasteiger partial charge is 0.395 e. The van der Waals surface area contributed by atoms with E-state index in [-0.39, 0.29) is 31.3 Å². The monoisotopic (exact) mass is 1070 g/mol. The number of nitrogens with one attached hydrogen (secondary N) is 6. The molecule has 4 atom stereocenters. The van der Waals surface area contributed by atoms with Crippen LogP contribution in [0.3, 0.4) is 0 Å². The zero-order valence-electron chi connectivity index (χ0n) is 44.4. The van der Waals surface area contributed by atoms with E-state index in [4.69, 9.17) is 4.99 Å². The SMILES string of the molecule is CCCC(C)(CP)C(=O)CN1C(=O)C(NC(=O)Nc2cccc(NC)c2)N=C(c2ccccn2)c2ccccc21.CNc1cccc(NC(=O)NC2N=C(c3ccccn3)c3ccccc3N(CC(=O)C(C)(C)CO)C2=O)c1. The maximum atomic E-state index is 14.1. The highest BCUT2D eigenvalue weighted by molar-refractivity contribution is 7.16. The molecule has 4 unspecified atom stereocenters. The van der Waals surface area contributed by atoms with E-state index in [1.807, 2.05) is 50.2 Å². The molecule has 78 heavy (non-hydrogen) atoms. The van der Waals surface area contributed by atoms with Gasteiger partial charge in [0.25, 0.3) is 11.8 Å². The van der Waals surface area contributed by atoms with Crippen LogP contribution >= 0.6 is 9.24 Å². The molecule has 8 rings (SSSR count). The van der Waals surface area contributed by atoms with Gasteiger partial charge in [-0.25, -0.2) is 19.6 Å². The zero-order chi connectivity index (χ0) is 56.0. The van der Waals surface area contributed by atoms with Gasteiger partial charge in [0.1, 0.15) is 0 Å². The molecule has 2 aromatic heterocycles. The lowest BCUT2D eigenvalue weighted by atomic mass is 9.82. The fourth-order valence-corrected chi connectivity index (χ4v) is 8.99. The number of Topliss-reactive ketones (excluding diaryl/α,β-unsaturated/α-hetero) is 2. The number of aliphatic imine (C=N–C) groups is 2. The predicted octanol–water partition coefficient (Wildman–Crippen LogP) is 7.75. The first kappa shape index (κ1) is 57.0. The maximum absolute atomic E-state index is 14.1.